The van der Waals surface area contributed by atoms with Gasteiger partial charge in [0.15, 0.2) is 0 Å². The molecule has 25 heavy (non-hydrogen) atoms. The average Bonchev–Trinajstić information content (AvgIpc) is 2.86. The number of amides is 2. The summed E-state index contributed by atoms with van der Waals surface area (Å²) < 4.78 is 2.24. The Hall–Kier alpha value is -2.34. The van der Waals surface area contributed by atoms with Crippen molar-refractivity contribution in [3.05, 3.63) is 35.0 Å². The third-order valence-electron chi connectivity index (χ3n) is 5.31. The first-order valence-corrected chi connectivity index (χ1v) is 8.86. The molecule has 6 nitrogen and oxygen atoms in total. The highest BCUT2D eigenvalue weighted by Crippen LogP contribution is 2.34. The molecular formula is C19H26N4O2. The number of nitrogens with two attached hydrogens (primary N) is 2. The van der Waals surface area contributed by atoms with Gasteiger partial charge in [0.25, 0.3) is 5.91 Å². The summed E-state index contributed by atoms with van der Waals surface area (Å²) in [6.45, 7) is 7.30. The minimum atomic E-state index is -0.408. The van der Waals surface area contributed by atoms with E-state index < -0.39 is 5.91 Å². The lowest BCUT2D eigenvalue weighted by Gasteiger charge is -2.33. The van der Waals surface area contributed by atoms with E-state index in [4.69, 9.17) is 11.5 Å². The molecule has 1 saturated heterocycles. The predicted octanol–water partition coefficient (Wildman–Crippen LogP) is 1.73. The van der Waals surface area contributed by atoms with E-state index in [1.54, 1.807) is 0 Å². The van der Waals surface area contributed by atoms with Crippen LogP contribution in [0.5, 0.6) is 0 Å². The van der Waals surface area contributed by atoms with Crippen molar-refractivity contribution in [1.29, 1.82) is 0 Å². The first-order chi connectivity index (χ1) is 11.9. The zero-order chi connectivity index (χ0) is 18.1. The van der Waals surface area contributed by atoms with Crippen LogP contribution in [0.3, 0.4) is 0 Å². The van der Waals surface area contributed by atoms with Crippen molar-refractivity contribution in [2.24, 2.45) is 11.5 Å². The number of hydrogen-bond acceptors (Lipinski definition) is 3. The Morgan fingerprint density at radius 2 is 1.88 bits per heavy atom. The summed E-state index contributed by atoms with van der Waals surface area (Å²) in [5.41, 5.74) is 14.3. The van der Waals surface area contributed by atoms with Crippen molar-refractivity contribution in [2.45, 2.75) is 39.2 Å². The molecule has 3 rings (SSSR count). The second kappa shape index (κ2) is 6.88. The van der Waals surface area contributed by atoms with E-state index in [0.29, 0.717) is 11.6 Å². The summed E-state index contributed by atoms with van der Waals surface area (Å²) in [5, 5.41) is 0.858. The number of hydrogen-bond donors (Lipinski definition) is 2. The number of fused-ring (bicyclic) bond motifs is 1. The maximum Gasteiger partial charge on any atom is 0.251 e. The van der Waals surface area contributed by atoms with Gasteiger partial charge in [0.1, 0.15) is 0 Å². The third kappa shape index (κ3) is 3.26. The molecule has 134 valence electrons. The molecule has 2 heterocycles. The van der Waals surface area contributed by atoms with Crippen LogP contribution in [-0.2, 0) is 11.2 Å². The Kier molecular flexibility index (Phi) is 4.81. The van der Waals surface area contributed by atoms with Crippen LogP contribution in [-0.4, -0.2) is 40.9 Å². The van der Waals surface area contributed by atoms with E-state index in [0.717, 1.165) is 54.6 Å². The molecule has 0 atom stereocenters. The van der Waals surface area contributed by atoms with Crippen LogP contribution in [0.15, 0.2) is 18.2 Å². The molecule has 0 radical (unpaired) electrons. The lowest BCUT2D eigenvalue weighted by Crippen LogP contribution is -2.34. The topological polar surface area (TPSA) is 94.3 Å². The van der Waals surface area contributed by atoms with Crippen LogP contribution in [0.25, 0.3) is 10.9 Å². The minimum absolute atomic E-state index is 0.195. The second-order valence-electron chi connectivity index (χ2n) is 6.85. The van der Waals surface area contributed by atoms with Crippen LogP contribution >= 0.6 is 0 Å². The number of primary amides is 2. The van der Waals surface area contributed by atoms with E-state index in [-0.39, 0.29) is 12.3 Å². The second-order valence-corrected chi connectivity index (χ2v) is 6.85. The lowest BCUT2D eigenvalue weighted by molar-refractivity contribution is -0.117. The van der Waals surface area contributed by atoms with Crippen LogP contribution < -0.4 is 11.5 Å². The molecule has 2 aromatic rings. The molecule has 0 aliphatic carbocycles. The van der Waals surface area contributed by atoms with Gasteiger partial charge in [-0.05, 0) is 37.9 Å². The summed E-state index contributed by atoms with van der Waals surface area (Å²) in [6, 6.07) is 6.05. The van der Waals surface area contributed by atoms with Crippen molar-refractivity contribution in [3.8, 4) is 0 Å². The molecule has 2 amide bonds. The molecule has 1 aromatic carbocycles. The largest absolute Gasteiger partial charge is 0.369 e. The SMILES string of the molecule is CCN1CCC(n2c(C)c(C(N)=O)c3ccc(CC(N)=O)cc32)CC1. The summed E-state index contributed by atoms with van der Waals surface area (Å²) in [5.74, 6) is -0.768. The highest BCUT2D eigenvalue weighted by molar-refractivity contribution is 6.08. The van der Waals surface area contributed by atoms with Crippen molar-refractivity contribution in [1.82, 2.24) is 9.47 Å². The summed E-state index contributed by atoms with van der Waals surface area (Å²) in [4.78, 5) is 25.7. The zero-order valence-electron chi connectivity index (χ0n) is 14.9. The maximum absolute atomic E-state index is 12.0. The normalized spacial score (nSPS) is 16.4. The van der Waals surface area contributed by atoms with Gasteiger partial charge in [0.2, 0.25) is 5.91 Å². The van der Waals surface area contributed by atoms with Gasteiger partial charge in [-0.3, -0.25) is 9.59 Å². The number of carbonyl (C=O) groups excluding carboxylic acids is 2. The number of likely N-dealkylation sites (tertiary alicyclic amines) is 1. The Morgan fingerprint density at radius 1 is 1.20 bits per heavy atom. The van der Waals surface area contributed by atoms with E-state index in [1.165, 1.54) is 0 Å². The van der Waals surface area contributed by atoms with Crippen molar-refractivity contribution < 1.29 is 9.59 Å². The molecule has 1 aliphatic heterocycles. The highest BCUT2D eigenvalue weighted by Gasteiger charge is 2.26. The monoisotopic (exact) mass is 342 g/mol. The van der Waals surface area contributed by atoms with Gasteiger partial charge in [-0.25, -0.2) is 0 Å². The Balaban J connectivity index is 2.10. The predicted molar refractivity (Wildman–Crippen MR) is 98.5 cm³/mol. The molecule has 1 aliphatic rings. The summed E-state index contributed by atoms with van der Waals surface area (Å²) >= 11 is 0. The van der Waals surface area contributed by atoms with Crippen molar-refractivity contribution in [3.63, 3.8) is 0 Å². The van der Waals surface area contributed by atoms with Gasteiger partial charge in [0.05, 0.1) is 12.0 Å². The smallest absolute Gasteiger partial charge is 0.251 e. The molecule has 0 bridgehead atoms. The molecule has 4 N–H and O–H groups in total. The zero-order valence-corrected chi connectivity index (χ0v) is 14.9. The van der Waals surface area contributed by atoms with Gasteiger partial charge in [-0.15, -0.1) is 0 Å². The van der Waals surface area contributed by atoms with E-state index in [2.05, 4.69) is 16.4 Å². The standard InChI is InChI=1S/C19H26N4O2/c1-3-22-8-6-14(7-9-22)23-12(2)18(19(21)25)15-5-4-13(10-16(15)23)11-17(20)24/h4-5,10,14H,3,6-9,11H2,1-2H3,(H2,20,24)(H2,21,25). The average molecular weight is 342 g/mol. The van der Waals surface area contributed by atoms with E-state index >= 15 is 0 Å². The molecular weight excluding hydrogens is 316 g/mol. The van der Waals surface area contributed by atoms with Gasteiger partial charge in [-0.1, -0.05) is 19.1 Å². The van der Waals surface area contributed by atoms with Crippen LogP contribution in [0.1, 0.15) is 47.4 Å². The number of piperidine rings is 1. The number of nitrogens with zero attached hydrogens (tertiary/aromatic N) is 2. The van der Waals surface area contributed by atoms with Crippen LogP contribution in [0.2, 0.25) is 0 Å². The molecule has 0 spiro atoms. The molecule has 1 fully saturated rings. The quantitative estimate of drug-likeness (QED) is 0.866. The lowest BCUT2D eigenvalue weighted by atomic mass is 10.0. The third-order valence-corrected chi connectivity index (χ3v) is 5.31. The van der Waals surface area contributed by atoms with E-state index in [1.807, 2.05) is 25.1 Å². The van der Waals surface area contributed by atoms with E-state index in [9.17, 15) is 9.59 Å². The Bertz CT molecular complexity index is 816. The van der Waals surface area contributed by atoms with Gasteiger partial charge in [0, 0.05) is 35.7 Å². The fourth-order valence-electron chi connectivity index (χ4n) is 4.07. The van der Waals surface area contributed by atoms with Gasteiger partial charge < -0.3 is 20.9 Å². The Morgan fingerprint density at radius 3 is 2.44 bits per heavy atom. The number of carbonyl (C=O) groups is 2. The molecule has 0 saturated carbocycles. The first kappa shape index (κ1) is 17.5. The van der Waals surface area contributed by atoms with Crippen LogP contribution in [0.4, 0.5) is 0 Å². The van der Waals surface area contributed by atoms with Gasteiger partial charge >= 0.3 is 0 Å². The van der Waals surface area contributed by atoms with Crippen molar-refractivity contribution >= 4 is 22.7 Å². The summed E-state index contributed by atoms with van der Waals surface area (Å²) in [6.07, 6.45) is 2.27. The summed E-state index contributed by atoms with van der Waals surface area (Å²) in [7, 11) is 0. The maximum atomic E-state index is 12.0. The fourth-order valence-corrected chi connectivity index (χ4v) is 4.07. The Labute approximate surface area is 147 Å². The fraction of sp³-hybridized carbons (Fsp3) is 0.474. The number of aromatic nitrogens is 1. The van der Waals surface area contributed by atoms with Crippen molar-refractivity contribution in [2.75, 3.05) is 19.6 Å². The van der Waals surface area contributed by atoms with Gasteiger partial charge in [-0.2, -0.15) is 0 Å². The molecule has 6 heteroatoms. The minimum Gasteiger partial charge on any atom is -0.369 e. The number of rotatable bonds is 5. The number of benzene rings is 1. The first-order valence-electron chi connectivity index (χ1n) is 8.86. The molecule has 0 unspecified atom stereocenters. The molecule has 1 aromatic heterocycles. The van der Waals surface area contributed by atoms with Crippen LogP contribution in [0, 0.1) is 6.92 Å². The highest BCUT2D eigenvalue weighted by atomic mass is 16.1.